The van der Waals surface area contributed by atoms with Crippen molar-refractivity contribution in [2.75, 3.05) is 23.7 Å². The Kier molecular flexibility index (Phi) is 5.03. The lowest BCUT2D eigenvalue weighted by Gasteiger charge is -2.35. The molecule has 1 aliphatic heterocycles. The van der Waals surface area contributed by atoms with Crippen LogP contribution in [-0.4, -0.2) is 42.1 Å². The molecule has 2 N–H and O–H groups in total. The summed E-state index contributed by atoms with van der Waals surface area (Å²) in [7, 11) is 0. The molecule has 2 rings (SSSR count). The van der Waals surface area contributed by atoms with Crippen molar-refractivity contribution < 1.29 is 14.3 Å². The maximum atomic E-state index is 12.4. The summed E-state index contributed by atoms with van der Waals surface area (Å²) in [6, 6.07) is 5.30. The van der Waals surface area contributed by atoms with Crippen molar-refractivity contribution in [2.24, 2.45) is 0 Å². The zero-order valence-electron chi connectivity index (χ0n) is 13.5. The number of urea groups is 1. The number of carbonyl (C=O) groups excluding carboxylic acids is 2. The van der Waals surface area contributed by atoms with E-state index in [0.717, 1.165) is 5.56 Å². The molecule has 0 aliphatic carbocycles. The Balaban J connectivity index is 2.09. The van der Waals surface area contributed by atoms with E-state index < -0.39 is 0 Å². The molecule has 2 atom stereocenters. The van der Waals surface area contributed by atoms with Crippen LogP contribution >= 0.6 is 0 Å². The molecule has 0 radical (unpaired) electrons. The number of anilines is 2. The molecule has 120 valence electrons. The van der Waals surface area contributed by atoms with E-state index in [0.29, 0.717) is 24.5 Å². The molecule has 0 spiro atoms. The third kappa shape index (κ3) is 4.21. The first-order valence-electron chi connectivity index (χ1n) is 7.44. The number of hydrogen-bond donors (Lipinski definition) is 2. The van der Waals surface area contributed by atoms with Crippen molar-refractivity contribution in [1.29, 1.82) is 0 Å². The van der Waals surface area contributed by atoms with E-state index >= 15 is 0 Å². The molecule has 22 heavy (non-hydrogen) atoms. The lowest BCUT2D eigenvalue weighted by Crippen LogP contribution is -2.49. The van der Waals surface area contributed by atoms with Crippen molar-refractivity contribution in [1.82, 2.24) is 4.90 Å². The fourth-order valence-corrected chi connectivity index (χ4v) is 2.58. The van der Waals surface area contributed by atoms with E-state index in [4.69, 9.17) is 4.74 Å². The van der Waals surface area contributed by atoms with Gasteiger partial charge >= 0.3 is 6.03 Å². The van der Waals surface area contributed by atoms with E-state index in [-0.39, 0.29) is 24.1 Å². The Labute approximate surface area is 130 Å². The van der Waals surface area contributed by atoms with Crippen LogP contribution in [0.4, 0.5) is 16.2 Å². The van der Waals surface area contributed by atoms with Crippen LogP contribution in [0, 0.1) is 6.92 Å². The van der Waals surface area contributed by atoms with Gasteiger partial charge in [0.1, 0.15) is 0 Å². The van der Waals surface area contributed by atoms with Gasteiger partial charge in [-0.2, -0.15) is 0 Å². The van der Waals surface area contributed by atoms with E-state index in [1.165, 1.54) is 6.92 Å². The monoisotopic (exact) mass is 305 g/mol. The number of ether oxygens (including phenoxy) is 1. The molecule has 1 saturated heterocycles. The third-order valence-corrected chi connectivity index (χ3v) is 3.51. The van der Waals surface area contributed by atoms with Gasteiger partial charge in [0, 0.05) is 31.4 Å². The first kappa shape index (κ1) is 16.3. The standard InChI is InChI=1S/C16H23N3O3/c1-10-5-6-14(17-13(4)20)7-15(10)18-16(21)19-8-11(2)22-12(3)9-19/h5-7,11-12H,8-9H2,1-4H3,(H,17,20)(H,18,21). The highest BCUT2D eigenvalue weighted by Gasteiger charge is 2.26. The lowest BCUT2D eigenvalue weighted by molar-refractivity contribution is -0.114. The molecule has 1 heterocycles. The molecular formula is C16H23N3O3. The first-order chi connectivity index (χ1) is 10.3. The van der Waals surface area contributed by atoms with Gasteiger partial charge < -0.3 is 20.3 Å². The fraction of sp³-hybridized carbons (Fsp3) is 0.500. The summed E-state index contributed by atoms with van der Waals surface area (Å²) in [6.07, 6.45) is 0.0580. The predicted molar refractivity (Wildman–Crippen MR) is 86.1 cm³/mol. The molecule has 1 aromatic carbocycles. The second-order valence-corrected chi connectivity index (χ2v) is 5.80. The summed E-state index contributed by atoms with van der Waals surface area (Å²) in [4.78, 5) is 25.3. The van der Waals surface area contributed by atoms with E-state index in [1.54, 1.807) is 11.0 Å². The number of benzene rings is 1. The normalized spacial score (nSPS) is 21.4. The summed E-state index contributed by atoms with van der Waals surface area (Å²) in [6.45, 7) is 8.42. The molecule has 6 nitrogen and oxygen atoms in total. The molecule has 0 aromatic heterocycles. The first-order valence-corrected chi connectivity index (χ1v) is 7.44. The largest absolute Gasteiger partial charge is 0.372 e. The zero-order chi connectivity index (χ0) is 16.3. The van der Waals surface area contributed by atoms with Crippen molar-refractivity contribution >= 4 is 23.3 Å². The summed E-state index contributed by atoms with van der Waals surface area (Å²) < 4.78 is 5.63. The number of nitrogens with one attached hydrogen (secondary N) is 2. The van der Waals surface area contributed by atoms with Crippen LogP contribution in [0.15, 0.2) is 18.2 Å². The SMILES string of the molecule is CC(=O)Nc1ccc(C)c(NC(=O)N2CC(C)OC(C)C2)c1. The van der Waals surface area contributed by atoms with Crippen LogP contribution in [0.5, 0.6) is 0 Å². The van der Waals surface area contributed by atoms with Gasteiger partial charge in [0.25, 0.3) is 0 Å². The highest BCUT2D eigenvalue weighted by molar-refractivity contribution is 5.93. The third-order valence-electron chi connectivity index (χ3n) is 3.51. The number of carbonyl (C=O) groups is 2. The molecule has 1 fully saturated rings. The maximum absolute atomic E-state index is 12.4. The smallest absolute Gasteiger partial charge is 0.322 e. The average Bonchev–Trinajstić information content (AvgIpc) is 2.40. The van der Waals surface area contributed by atoms with Crippen LogP contribution in [-0.2, 0) is 9.53 Å². The number of amides is 3. The average molecular weight is 305 g/mol. The Morgan fingerprint density at radius 3 is 2.41 bits per heavy atom. The Morgan fingerprint density at radius 1 is 1.18 bits per heavy atom. The van der Waals surface area contributed by atoms with Crippen molar-refractivity contribution in [2.45, 2.75) is 39.9 Å². The van der Waals surface area contributed by atoms with E-state index in [2.05, 4.69) is 10.6 Å². The number of rotatable bonds is 2. The summed E-state index contributed by atoms with van der Waals surface area (Å²) in [5, 5.41) is 5.63. The minimum atomic E-state index is -0.148. The minimum absolute atomic E-state index is 0.0290. The number of hydrogen-bond acceptors (Lipinski definition) is 3. The maximum Gasteiger partial charge on any atom is 0.322 e. The molecule has 1 aliphatic rings. The number of morpholine rings is 1. The zero-order valence-corrected chi connectivity index (χ0v) is 13.5. The number of nitrogens with zero attached hydrogens (tertiary/aromatic N) is 1. The fourth-order valence-electron chi connectivity index (χ4n) is 2.58. The molecule has 1 aromatic rings. The summed E-state index contributed by atoms with van der Waals surface area (Å²) >= 11 is 0. The van der Waals surface area contributed by atoms with Crippen LogP contribution in [0.2, 0.25) is 0 Å². The second-order valence-electron chi connectivity index (χ2n) is 5.80. The van der Waals surface area contributed by atoms with Crippen molar-refractivity contribution in [3.05, 3.63) is 23.8 Å². The van der Waals surface area contributed by atoms with Crippen molar-refractivity contribution in [3.8, 4) is 0 Å². The highest BCUT2D eigenvalue weighted by Crippen LogP contribution is 2.21. The number of aryl methyl sites for hydroxylation is 1. The molecular weight excluding hydrogens is 282 g/mol. The van der Waals surface area contributed by atoms with Crippen LogP contribution in [0.25, 0.3) is 0 Å². The van der Waals surface area contributed by atoms with Gasteiger partial charge in [0.05, 0.1) is 12.2 Å². The van der Waals surface area contributed by atoms with Gasteiger partial charge in [-0.1, -0.05) is 6.07 Å². The topological polar surface area (TPSA) is 70.7 Å². The van der Waals surface area contributed by atoms with Crippen LogP contribution in [0.3, 0.4) is 0 Å². The van der Waals surface area contributed by atoms with Gasteiger partial charge in [-0.05, 0) is 38.5 Å². The second kappa shape index (κ2) is 6.79. The molecule has 2 unspecified atom stereocenters. The Bertz CT molecular complexity index is 564. The van der Waals surface area contributed by atoms with Crippen molar-refractivity contribution in [3.63, 3.8) is 0 Å². The molecule has 6 heteroatoms. The van der Waals surface area contributed by atoms with Crippen LogP contribution in [0.1, 0.15) is 26.3 Å². The summed E-state index contributed by atoms with van der Waals surface area (Å²) in [5.41, 5.74) is 2.30. The van der Waals surface area contributed by atoms with Gasteiger partial charge in [-0.15, -0.1) is 0 Å². The minimum Gasteiger partial charge on any atom is -0.372 e. The summed E-state index contributed by atoms with van der Waals surface area (Å²) in [5.74, 6) is -0.142. The van der Waals surface area contributed by atoms with Crippen LogP contribution < -0.4 is 10.6 Å². The molecule has 0 bridgehead atoms. The molecule has 3 amide bonds. The Hall–Kier alpha value is -2.08. The quantitative estimate of drug-likeness (QED) is 0.882. The van der Waals surface area contributed by atoms with E-state index in [1.807, 2.05) is 32.9 Å². The van der Waals surface area contributed by atoms with E-state index in [9.17, 15) is 9.59 Å². The molecule has 0 saturated carbocycles. The lowest BCUT2D eigenvalue weighted by atomic mass is 10.1. The predicted octanol–water partition coefficient (Wildman–Crippen LogP) is 2.59. The van der Waals surface area contributed by atoms with Gasteiger partial charge in [-0.3, -0.25) is 4.79 Å². The van der Waals surface area contributed by atoms with Gasteiger partial charge in [-0.25, -0.2) is 4.79 Å². The Morgan fingerprint density at radius 2 is 1.82 bits per heavy atom. The van der Waals surface area contributed by atoms with Gasteiger partial charge in [0.2, 0.25) is 5.91 Å². The highest BCUT2D eigenvalue weighted by atomic mass is 16.5. The van der Waals surface area contributed by atoms with Gasteiger partial charge in [0.15, 0.2) is 0 Å².